The third kappa shape index (κ3) is 3.04. The molecule has 0 spiro atoms. The molecule has 1 aromatic heterocycles. The van der Waals surface area contributed by atoms with E-state index in [1.807, 2.05) is 6.07 Å². The zero-order valence-electron chi connectivity index (χ0n) is 12.8. The summed E-state index contributed by atoms with van der Waals surface area (Å²) in [6, 6.07) is 5.52. The zero-order valence-corrected chi connectivity index (χ0v) is 12.8. The highest BCUT2D eigenvalue weighted by molar-refractivity contribution is 5.97. The van der Waals surface area contributed by atoms with Crippen molar-refractivity contribution < 1.29 is 14.3 Å². The SMILES string of the molecule is O=C(N[C@@H]1CC[C@H]2OCCO[C@@H]2C1)c1ccc2nccnc2c1. The molecule has 1 N–H and O–H groups in total. The Morgan fingerprint density at radius 1 is 1.04 bits per heavy atom. The number of fused-ring (bicyclic) bond motifs is 2. The first-order chi connectivity index (χ1) is 11.3. The van der Waals surface area contributed by atoms with E-state index in [4.69, 9.17) is 9.47 Å². The van der Waals surface area contributed by atoms with Gasteiger partial charge in [0.1, 0.15) is 0 Å². The molecule has 2 aliphatic rings. The monoisotopic (exact) mass is 313 g/mol. The molecule has 0 bridgehead atoms. The van der Waals surface area contributed by atoms with Crippen LogP contribution in [0.2, 0.25) is 0 Å². The lowest BCUT2D eigenvalue weighted by Crippen LogP contribution is -2.49. The summed E-state index contributed by atoms with van der Waals surface area (Å²) in [6.45, 7) is 1.32. The van der Waals surface area contributed by atoms with Crippen LogP contribution in [0.25, 0.3) is 11.0 Å². The second-order valence-electron chi connectivity index (χ2n) is 6.06. The van der Waals surface area contributed by atoms with Gasteiger partial charge in [-0.1, -0.05) is 0 Å². The van der Waals surface area contributed by atoms with Crippen molar-refractivity contribution in [3.63, 3.8) is 0 Å². The van der Waals surface area contributed by atoms with Gasteiger partial charge in [-0.3, -0.25) is 14.8 Å². The Hall–Kier alpha value is -2.05. The Labute approximate surface area is 134 Å². The maximum absolute atomic E-state index is 12.5. The minimum atomic E-state index is -0.0715. The molecule has 23 heavy (non-hydrogen) atoms. The van der Waals surface area contributed by atoms with Crippen molar-refractivity contribution in [1.82, 2.24) is 15.3 Å². The van der Waals surface area contributed by atoms with E-state index in [1.54, 1.807) is 24.5 Å². The Morgan fingerprint density at radius 3 is 2.70 bits per heavy atom. The minimum Gasteiger partial charge on any atom is -0.373 e. The van der Waals surface area contributed by atoms with Gasteiger partial charge in [-0.25, -0.2) is 0 Å². The van der Waals surface area contributed by atoms with Crippen LogP contribution in [0.4, 0.5) is 0 Å². The summed E-state index contributed by atoms with van der Waals surface area (Å²) in [5.74, 6) is -0.0715. The zero-order chi connectivity index (χ0) is 15.6. The molecule has 2 fully saturated rings. The number of carbonyl (C=O) groups excluding carboxylic acids is 1. The number of amides is 1. The Kier molecular flexibility index (Phi) is 3.93. The maximum atomic E-state index is 12.5. The molecule has 2 heterocycles. The number of ether oxygens (including phenoxy) is 2. The molecule has 2 aromatic rings. The summed E-state index contributed by atoms with van der Waals surface area (Å²) in [7, 11) is 0. The van der Waals surface area contributed by atoms with E-state index in [-0.39, 0.29) is 24.2 Å². The Bertz CT molecular complexity index is 721. The fourth-order valence-electron chi connectivity index (χ4n) is 3.37. The topological polar surface area (TPSA) is 73.3 Å². The second kappa shape index (κ2) is 6.22. The van der Waals surface area contributed by atoms with Gasteiger partial charge in [0, 0.05) is 24.0 Å². The number of rotatable bonds is 2. The van der Waals surface area contributed by atoms with Gasteiger partial charge in [0.15, 0.2) is 0 Å². The van der Waals surface area contributed by atoms with Gasteiger partial charge in [-0.2, -0.15) is 0 Å². The lowest BCUT2D eigenvalue weighted by molar-refractivity contribution is -0.157. The van der Waals surface area contributed by atoms with E-state index in [9.17, 15) is 4.79 Å². The summed E-state index contributed by atoms with van der Waals surface area (Å²) in [5.41, 5.74) is 2.13. The highest BCUT2D eigenvalue weighted by Gasteiger charge is 2.34. The van der Waals surface area contributed by atoms with Crippen LogP contribution >= 0.6 is 0 Å². The molecule has 6 nitrogen and oxygen atoms in total. The molecule has 120 valence electrons. The van der Waals surface area contributed by atoms with Crippen molar-refractivity contribution in [2.45, 2.75) is 37.5 Å². The van der Waals surface area contributed by atoms with Crippen LogP contribution in [0.15, 0.2) is 30.6 Å². The van der Waals surface area contributed by atoms with E-state index >= 15 is 0 Å². The molecule has 1 saturated heterocycles. The molecule has 4 rings (SSSR count). The van der Waals surface area contributed by atoms with Gasteiger partial charge >= 0.3 is 0 Å². The van der Waals surface area contributed by atoms with Crippen LogP contribution < -0.4 is 5.32 Å². The van der Waals surface area contributed by atoms with Gasteiger partial charge in [0.05, 0.1) is 36.5 Å². The summed E-state index contributed by atoms with van der Waals surface area (Å²) >= 11 is 0. The summed E-state index contributed by atoms with van der Waals surface area (Å²) in [4.78, 5) is 20.9. The number of nitrogens with one attached hydrogen (secondary N) is 1. The van der Waals surface area contributed by atoms with Crippen LogP contribution in [-0.2, 0) is 9.47 Å². The summed E-state index contributed by atoms with van der Waals surface area (Å²) in [6.07, 6.45) is 6.23. The van der Waals surface area contributed by atoms with Crippen molar-refractivity contribution >= 4 is 16.9 Å². The summed E-state index contributed by atoms with van der Waals surface area (Å²) < 4.78 is 11.5. The molecule has 0 unspecified atom stereocenters. The van der Waals surface area contributed by atoms with E-state index in [2.05, 4.69) is 15.3 Å². The fourth-order valence-corrected chi connectivity index (χ4v) is 3.37. The van der Waals surface area contributed by atoms with Crippen molar-refractivity contribution in [1.29, 1.82) is 0 Å². The van der Waals surface area contributed by atoms with Crippen LogP contribution in [-0.4, -0.2) is 47.3 Å². The third-order valence-corrected chi connectivity index (χ3v) is 4.55. The number of hydrogen-bond acceptors (Lipinski definition) is 5. The van der Waals surface area contributed by atoms with E-state index in [1.165, 1.54) is 0 Å². The predicted octanol–water partition coefficient (Wildman–Crippen LogP) is 1.70. The van der Waals surface area contributed by atoms with Crippen molar-refractivity contribution in [3.05, 3.63) is 36.2 Å². The second-order valence-corrected chi connectivity index (χ2v) is 6.06. The van der Waals surface area contributed by atoms with Crippen molar-refractivity contribution in [2.24, 2.45) is 0 Å². The van der Waals surface area contributed by atoms with Crippen molar-refractivity contribution in [2.75, 3.05) is 13.2 Å². The molecule has 1 saturated carbocycles. The predicted molar refractivity (Wildman–Crippen MR) is 84.1 cm³/mol. The average Bonchev–Trinajstić information content (AvgIpc) is 2.61. The fraction of sp³-hybridized carbons (Fsp3) is 0.471. The number of hydrogen-bond donors (Lipinski definition) is 1. The maximum Gasteiger partial charge on any atom is 0.251 e. The van der Waals surface area contributed by atoms with Crippen molar-refractivity contribution in [3.8, 4) is 0 Å². The van der Waals surface area contributed by atoms with Gasteiger partial charge in [0.25, 0.3) is 5.91 Å². The lowest BCUT2D eigenvalue weighted by atomic mass is 9.89. The number of benzene rings is 1. The van der Waals surface area contributed by atoms with Gasteiger partial charge < -0.3 is 14.8 Å². The largest absolute Gasteiger partial charge is 0.373 e. The highest BCUT2D eigenvalue weighted by atomic mass is 16.6. The molecule has 1 aliphatic carbocycles. The smallest absolute Gasteiger partial charge is 0.251 e. The molecule has 3 atom stereocenters. The molecule has 1 aliphatic heterocycles. The van der Waals surface area contributed by atoms with Crippen LogP contribution in [0.5, 0.6) is 0 Å². The normalized spacial score (nSPS) is 27.4. The standard InChI is InChI=1S/C17H19N3O3/c21-17(11-1-3-13-14(9-11)19-6-5-18-13)20-12-2-4-15-16(10-12)23-8-7-22-15/h1,3,5-6,9,12,15-16H,2,4,7-8,10H2,(H,20,21)/t12-,15-,16-/m1/s1. The van der Waals surface area contributed by atoms with E-state index < -0.39 is 0 Å². The van der Waals surface area contributed by atoms with E-state index in [0.717, 1.165) is 30.3 Å². The Morgan fingerprint density at radius 2 is 1.83 bits per heavy atom. The van der Waals surface area contributed by atoms with E-state index in [0.29, 0.717) is 18.8 Å². The van der Waals surface area contributed by atoms with Crippen LogP contribution in [0.3, 0.4) is 0 Å². The molecule has 1 aromatic carbocycles. The molecule has 0 radical (unpaired) electrons. The third-order valence-electron chi connectivity index (χ3n) is 4.55. The first-order valence-electron chi connectivity index (χ1n) is 8.04. The van der Waals surface area contributed by atoms with Gasteiger partial charge in [-0.05, 0) is 37.5 Å². The van der Waals surface area contributed by atoms with Crippen LogP contribution in [0, 0.1) is 0 Å². The first kappa shape index (κ1) is 14.5. The Balaban J connectivity index is 1.44. The highest BCUT2D eigenvalue weighted by Crippen LogP contribution is 2.27. The minimum absolute atomic E-state index is 0.0715. The molecule has 6 heteroatoms. The summed E-state index contributed by atoms with van der Waals surface area (Å²) in [5, 5.41) is 3.11. The molecule has 1 amide bonds. The lowest BCUT2D eigenvalue weighted by Gasteiger charge is -2.39. The number of nitrogens with zero attached hydrogens (tertiary/aromatic N) is 2. The quantitative estimate of drug-likeness (QED) is 0.913. The van der Waals surface area contributed by atoms with Gasteiger partial charge in [-0.15, -0.1) is 0 Å². The average molecular weight is 313 g/mol. The first-order valence-corrected chi connectivity index (χ1v) is 8.04. The number of carbonyl (C=O) groups is 1. The van der Waals surface area contributed by atoms with Gasteiger partial charge in [0.2, 0.25) is 0 Å². The van der Waals surface area contributed by atoms with Crippen LogP contribution in [0.1, 0.15) is 29.6 Å². The number of aromatic nitrogens is 2. The molecular weight excluding hydrogens is 294 g/mol. The molecular formula is C17H19N3O3.